The van der Waals surface area contributed by atoms with E-state index in [-0.39, 0.29) is 0 Å². The van der Waals surface area contributed by atoms with Crippen molar-refractivity contribution in [3.8, 4) is 0 Å². The number of carboxylic acids is 2. The molecule has 1 heterocycles. The molecule has 0 saturated heterocycles. The van der Waals surface area contributed by atoms with Gasteiger partial charge in [0.15, 0.2) is 0 Å². The lowest BCUT2D eigenvalue weighted by Crippen LogP contribution is -2.43. The largest absolute Gasteiger partial charge is 0.479 e. The third kappa shape index (κ3) is 1.55. The van der Waals surface area contributed by atoms with E-state index in [0.29, 0.717) is 13.0 Å². The van der Waals surface area contributed by atoms with Gasteiger partial charge in [0.05, 0.1) is 0 Å². The molecule has 0 aromatic carbocycles. The fraction of sp³-hybridized carbons (Fsp3) is 0.429. The Labute approximate surface area is 68.9 Å². The molecule has 0 aromatic rings. The zero-order valence-electron chi connectivity index (χ0n) is 6.30. The Morgan fingerprint density at radius 2 is 1.92 bits per heavy atom. The van der Waals surface area contributed by atoms with Crippen LogP contribution in [0, 0.1) is 0 Å². The topological polar surface area (TPSA) is 77.8 Å². The zero-order chi connectivity index (χ0) is 9.14. The molecular weight excluding hydrogens is 162 g/mol. The van der Waals surface area contributed by atoms with Gasteiger partial charge in [-0.15, -0.1) is 0 Å². The molecule has 0 atom stereocenters. The van der Waals surface area contributed by atoms with E-state index in [0.717, 1.165) is 0 Å². The number of rotatable bonds is 3. The van der Waals surface area contributed by atoms with Crippen LogP contribution >= 0.6 is 0 Å². The van der Waals surface area contributed by atoms with E-state index in [1.807, 2.05) is 0 Å². The Balaban J connectivity index is 2.71. The van der Waals surface area contributed by atoms with Crippen molar-refractivity contribution >= 4 is 11.9 Å². The molecule has 2 N–H and O–H groups in total. The van der Waals surface area contributed by atoms with Gasteiger partial charge in [-0.2, -0.15) is 0 Å². The second-order valence-electron chi connectivity index (χ2n) is 2.49. The molecule has 1 rings (SSSR count). The molecule has 0 fully saturated rings. The van der Waals surface area contributed by atoms with Gasteiger partial charge in [0.2, 0.25) is 6.04 Å². The predicted molar refractivity (Wildman–Crippen MR) is 39.5 cm³/mol. The van der Waals surface area contributed by atoms with E-state index in [2.05, 4.69) is 0 Å². The second-order valence-corrected chi connectivity index (χ2v) is 2.49. The van der Waals surface area contributed by atoms with Gasteiger partial charge < -0.3 is 15.1 Å². The van der Waals surface area contributed by atoms with Crippen molar-refractivity contribution in [2.24, 2.45) is 0 Å². The van der Waals surface area contributed by atoms with Crippen LogP contribution in [0.25, 0.3) is 0 Å². The first-order valence-corrected chi connectivity index (χ1v) is 3.51. The van der Waals surface area contributed by atoms with Gasteiger partial charge in [0.25, 0.3) is 0 Å². The molecule has 1 aliphatic heterocycles. The highest BCUT2D eigenvalue weighted by Gasteiger charge is 2.31. The van der Waals surface area contributed by atoms with Gasteiger partial charge in [-0.3, -0.25) is 0 Å². The third-order valence-electron chi connectivity index (χ3n) is 1.65. The van der Waals surface area contributed by atoms with Gasteiger partial charge in [-0.05, 0) is 12.6 Å². The second kappa shape index (κ2) is 3.25. The minimum absolute atomic E-state index is 0.462. The fourth-order valence-corrected chi connectivity index (χ4v) is 1.11. The smallest absolute Gasteiger partial charge is 0.338 e. The molecular formula is C7H9NO4. The van der Waals surface area contributed by atoms with Gasteiger partial charge in [0, 0.05) is 6.54 Å². The monoisotopic (exact) mass is 171 g/mol. The van der Waals surface area contributed by atoms with Gasteiger partial charge in [0.1, 0.15) is 0 Å². The Kier molecular flexibility index (Phi) is 2.32. The maximum Gasteiger partial charge on any atom is 0.338 e. The van der Waals surface area contributed by atoms with Gasteiger partial charge >= 0.3 is 11.9 Å². The van der Waals surface area contributed by atoms with Crippen LogP contribution in [0.3, 0.4) is 0 Å². The fourth-order valence-electron chi connectivity index (χ4n) is 1.11. The lowest BCUT2D eigenvalue weighted by atomic mass is 10.3. The summed E-state index contributed by atoms with van der Waals surface area (Å²) in [4.78, 5) is 22.2. The molecule has 0 aliphatic carbocycles. The van der Waals surface area contributed by atoms with E-state index >= 15 is 0 Å². The molecule has 0 unspecified atom stereocenters. The normalized spacial score (nSPS) is 15.6. The molecule has 66 valence electrons. The molecule has 5 heteroatoms. The van der Waals surface area contributed by atoms with Gasteiger partial charge in [-0.1, -0.05) is 6.08 Å². The highest BCUT2D eigenvalue weighted by Crippen LogP contribution is 2.09. The summed E-state index contributed by atoms with van der Waals surface area (Å²) in [7, 11) is 0. The number of aliphatic carboxylic acids is 2. The maximum absolute atomic E-state index is 10.5. The number of hydrogen-bond donors (Lipinski definition) is 2. The van der Waals surface area contributed by atoms with Gasteiger partial charge in [-0.25, -0.2) is 9.59 Å². The van der Waals surface area contributed by atoms with E-state index in [4.69, 9.17) is 10.2 Å². The lowest BCUT2D eigenvalue weighted by Gasteiger charge is -2.19. The van der Waals surface area contributed by atoms with E-state index < -0.39 is 18.0 Å². The Morgan fingerprint density at radius 1 is 1.33 bits per heavy atom. The van der Waals surface area contributed by atoms with Crippen molar-refractivity contribution < 1.29 is 19.8 Å². The van der Waals surface area contributed by atoms with Crippen LogP contribution in [0.2, 0.25) is 0 Å². The molecule has 5 nitrogen and oxygen atoms in total. The van der Waals surface area contributed by atoms with Crippen LogP contribution in [0.15, 0.2) is 12.3 Å². The van der Waals surface area contributed by atoms with Crippen LogP contribution in [0.1, 0.15) is 6.42 Å². The summed E-state index contributed by atoms with van der Waals surface area (Å²) in [6.45, 7) is 0.462. The summed E-state index contributed by atoms with van der Waals surface area (Å²) in [5.41, 5.74) is 0. The van der Waals surface area contributed by atoms with E-state index in [1.54, 1.807) is 6.08 Å². The van der Waals surface area contributed by atoms with Crippen molar-refractivity contribution in [3.05, 3.63) is 12.3 Å². The Bertz CT molecular complexity index is 222. The number of carbonyl (C=O) groups is 2. The summed E-state index contributed by atoms with van der Waals surface area (Å²) in [6.07, 6.45) is 3.96. The van der Waals surface area contributed by atoms with Crippen LogP contribution in [-0.4, -0.2) is 39.6 Å². The molecule has 0 saturated carbocycles. The average Bonchev–Trinajstić information content (AvgIpc) is 2.37. The molecule has 0 bridgehead atoms. The lowest BCUT2D eigenvalue weighted by molar-refractivity contribution is -0.154. The van der Waals surface area contributed by atoms with Crippen molar-refractivity contribution in [2.75, 3.05) is 6.54 Å². The maximum atomic E-state index is 10.5. The summed E-state index contributed by atoms with van der Waals surface area (Å²) >= 11 is 0. The molecule has 0 amide bonds. The van der Waals surface area contributed by atoms with Crippen molar-refractivity contribution in [3.63, 3.8) is 0 Å². The van der Waals surface area contributed by atoms with Crippen LogP contribution in [0.4, 0.5) is 0 Å². The molecule has 0 radical (unpaired) electrons. The van der Waals surface area contributed by atoms with Crippen molar-refractivity contribution in [1.82, 2.24) is 4.90 Å². The molecule has 12 heavy (non-hydrogen) atoms. The summed E-state index contributed by atoms with van der Waals surface area (Å²) < 4.78 is 0. The van der Waals surface area contributed by atoms with E-state index in [1.165, 1.54) is 11.1 Å². The Hall–Kier alpha value is -1.52. The zero-order valence-corrected chi connectivity index (χ0v) is 6.30. The van der Waals surface area contributed by atoms with Crippen molar-refractivity contribution in [1.29, 1.82) is 0 Å². The first kappa shape index (κ1) is 8.58. The summed E-state index contributed by atoms with van der Waals surface area (Å²) in [5, 5.41) is 17.1. The van der Waals surface area contributed by atoms with Crippen LogP contribution in [-0.2, 0) is 9.59 Å². The quantitative estimate of drug-likeness (QED) is 0.572. The third-order valence-corrected chi connectivity index (χ3v) is 1.65. The summed E-state index contributed by atoms with van der Waals surface area (Å²) in [6, 6.07) is -1.44. The standard InChI is InChI=1S/C7H9NO4/c9-6(10)5(7(11)12)8-3-1-2-4-8/h1,3,5H,2,4H2,(H,9,10)(H,11,12). The number of hydrogen-bond acceptors (Lipinski definition) is 3. The van der Waals surface area contributed by atoms with Crippen LogP contribution in [0.5, 0.6) is 0 Å². The van der Waals surface area contributed by atoms with Crippen molar-refractivity contribution in [2.45, 2.75) is 12.5 Å². The van der Waals surface area contributed by atoms with Crippen LogP contribution < -0.4 is 0 Å². The molecule has 0 spiro atoms. The minimum atomic E-state index is -1.44. The SMILES string of the molecule is O=C(O)C(C(=O)O)N1C=CCC1. The minimum Gasteiger partial charge on any atom is -0.479 e. The molecule has 1 aliphatic rings. The first-order chi connectivity index (χ1) is 5.63. The summed E-state index contributed by atoms with van der Waals surface area (Å²) in [5.74, 6) is -2.65. The van der Waals surface area contributed by atoms with E-state index in [9.17, 15) is 9.59 Å². The highest BCUT2D eigenvalue weighted by molar-refractivity contribution is 5.97. The average molecular weight is 171 g/mol. The Morgan fingerprint density at radius 3 is 2.25 bits per heavy atom. The first-order valence-electron chi connectivity index (χ1n) is 3.51. The highest BCUT2D eigenvalue weighted by atomic mass is 16.4. The molecule has 0 aromatic heterocycles. The number of carboxylic acid groups (broad SMARTS) is 2. The predicted octanol–water partition coefficient (Wildman–Crippen LogP) is -0.256. The number of nitrogens with zero attached hydrogens (tertiary/aromatic N) is 1.